The van der Waals surface area contributed by atoms with Crippen molar-refractivity contribution in [2.45, 2.75) is 62.9 Å². The number of ether oxygens (including phenoxy) is 1. The first kappa shape index (κ1) is 30.8. The van der Waals surface area contributed by atoms with Crippen molar-refractivity contribution < 1.29 is 9.53 Å². The summed E-state index contributed by atoms with van der Waals surface area (Å²) in [5.41, 5.74) is 4.91. The minimum atomic E-state index is -0.874. The number of amides is 2. The number of aromatic nitrogens is 4. The van der Waals surface area contributed by atoms with Gasteiger partial charge < -0.3 is 15.4 Å². The van der Waals surface area contributed by atoms with Gasteiger partial charge >= 0.3 is 6.03 Å². The lowest BCUT2D eigenvalue weighted by molar-refractivity contribution is 0.0854. The summed E-state index contributed by atoms with van der Waals surface area (Å²) >= 11 is 0. The number of anilines is 1. The Morgan fingerprint density at radius 1 is 0.766 bits per heavy atom. The van der Waals surface area contributed by atoms with Crippen molar-refractivity contribution in [1.29, 1.82) is 0 Å². The van der Waals surface area contributed by atoms with E-state index in [0.717, 1.165) is 72.3 Å². The maximum Gasteiger partial charge on any atom is 0.319 e. The van der Waals surface area contributed by atoms with E-state index < -0.39 is 5.54 Å². The highest BCUT2D eigenvalue weighted by Gasteiger charge is 2.41. The molecule has 0 atom stereocenters. The van der Waals surface area contributed by atoms with E-state index in [2.05, 4.69) is 60.0 Å². The van der Waals surface area contributed by atoms with Crippen LogP contribution in [0, 0.1) is 5.92 Å². The molecule has 2 N–H and O–H groups in total. The molecule has 1 aliphatic carbocycles. The summed E-state index contributed by atoms with van der Waals surface area (Å²) in [5.74, 6) is 1.53. The first-order valence-corrected chi connectivity index (χ1v) is 16.9. The molecule has 8 heteroatoms. The summed E-state index contributed by atoms with van der Waals surface area (Å²) in [6, 6.07) is 37.2. The molecule has 1 saturated carbocycles. The second-order valence-corrected chi connectivity index (χ2v) is 13.0. The van der Waals surface area contributed by atoms with E-state index in [9.17, 15) is 4.79 Å². The average Bonchev–Trinajstić information content (AvgIpc) is 3.62. The molecular formula is C39H42N6O2. The third kappa shape index (κ3) is 6.43. The Hall–Kier alpha value is -4.82. The van der Waals surface area contributed by atoms with Crippen LogP contribution in [0.15, 0.2) is 109 Å². The number of benzene rings is 4. The Morgan fingerprint density at radius 2 is 1.34 bits per heavy atom. The fourth-order valence-electron chi connectivity index (χ4n) is 7.30. The summed E-state index contributed by atoms with van der Waals surface area (Å²) in [6.45, 7) is 3.71. The van der Waals surface area contributed by atoms with Crippen LogP contribution in [0.3, 0.4) is 0 Å². The highest BCUT2D eigenvalue weighted by Crippen LogP contribution is 2.41. The van der Waals surface area contributed by atoms with Gasteiger partial charge in [-0.05, 0) is 90.0 Å². The molecule has 240 valence electrons. The van der Waals surface area contributed by atoms with Crippen LogP contribution in [0.5, 0.6) is 0 Å². The van der Waals surface area contributed by atoms with Crippen molar-refractivity contribution in [2.24, 2.45) is 5.92 Å². The summed E-state index contributed by atoms with van der Waals surface area (Å²) < 4.78 is 5.70. The summed E-state index contributed by atoms with van der Waals surface area (Å²) in [7, 11) is 0. The van der Waals surface area contributed by atoms with E-state index >= 15 is 0 Å². The van der Waals surface area contributed by atoms with Crippen molar-refractivity contribution in [2.75, 3.05) is 18.5 Å². The Bertz CT molecular complexity index is 1660. The van der Waals surface area contributed by atoms with Crippen LogP contribution in [0.2, 0.25) is 0 Å². The number of tetrazole rings is 1. The lowest BCUT2D eigenvalue weighted by Gasteiger charge is -2.34. The fraction of sp³-hybridized carbons (Fsp3) is 0.333. The summed E-state index contributed by atoms with van der Waals surface area (Å²) in [6.07, 6.45) is 6.15. The third-order valence-electron chi connectivity index (χ3n) is 9.85. The lowest BCUT2D eigenvalue weighted by atomic mass is 9.77. The Balaban J connectivity index is 1.31. The molecule has 2 fully saturated rings. The second-order valence-electron chi connectivity index (χ2n) is 13.0. The maximum absolute atomic E-state index is 13.1. The van der Waals surface area contributed by atoms with Gasteiger partial charge in [0.2, 0.25) is 5.82 Å². The van der Waals surface area contributed by atoms with Crippen LogP contribution in [0.1, 0.15) is 73.6 Å². The van der Waals surface area contributed by atoms with Crippen LogP contribution in [0.25, 0.3) is 11.4 Å². The van der Waals surface area contributed by atoms with Gasteiger partial charge in [-0.15, -0.1) is 15.0 Å². The van der Waals surface area contributed by atoms with E-state index in [-0.39, 0.29) is 12.1 Å². The molecule has 47 heavy (non-hydrogen) atoms. The lowest BCUT2D eigenvalue weighted by Crippen LogP contribution is -2.40. The molecular weight excluding hydrogens is 584 g/mol. The van der Waals surface area contributed by atoms with Crippen LogP contribution in [-0.4, -0.2) is 45.5 Å². The molecule has 5 aromatic rings. The minimum absolute atomic E-state index is 0.179. The van der Waals surface area contributed by atoms with Crippen molar-refractivity contribution in [3.05, 3.63) is 131 Å². The van der Waals surface area contributed by atoms with Crippen LogP contribution in [-0.2, 0) is 10.3 Å². The van der Waals surface area contributed by atoms with Crippen LogP contribution in [0.4, 0.5) is 10.5 Å². The molecule has 8 nitrogen and oxygen atoms in total. The van der Waals surface area contributed by atoms with Crippen molar-refractivity contribution >= 4 is 11.7 Å². The number of nitrogens with zero attached hydrogens (tertiary/aromatic N) is 4. The topological polar surface area (TPSA) is 94.0 Å². The van der Waals surface area contributed by atoms with E-state index in [1.165, 1.54) is 0 Å². The molecule has 4 aromatic carbocycles. The summed E-state index contributed by atoms with van der Waals surface area (Å²) in [4.78, 5) is 14.9. The number of rotatable bonds is 8. The van der Waals surface area contributed by atoms with Gasteiger partial charge in [-0.1, -0.05) is 104 Å². The molecule has 2 heterocycles. The zero-order valence-corrected chi connectivity index (χ0v) is 26.9. The maximum atomic E-state index is 13.1. The monoisotopic (exact) mass is 626 g/mol. The third-order valence-corrected chi connectivity index (χ3v) is 9.85. The number of hydrogen-bond donors (Lipinski definition) is 2. The molecule has 1 aliphatic heterocycles. The highest BCUT2D eigenvalue weighted by atomic mass is 16.5. The molecule has 2 amide bonds. The van der Waals surface area contributed by atoms with E-state index in [1.807, 2.05) is 66.7 Å². The molecule has 2 aliphatic rings. The SMILES string of the molecule is CC1CCC(NC(=O)Nc2ccc(C3CCOCC3)c(-c3nnn(C(c4ccccc4)(c4ccccc4)c4ccccc4)n3)c2)CC1. The van der Waals surface area contributed by atoms with Gasteiger partial charge in [-0.3, -0.25) is 0 Å². The Kier molecular flexibility index (Phi) is 9.11. The van der Waals surface area contributed by atoms with Gasteiger partial charge in [0.25, 0.3) is 0 Å². The van der Waals surface area contributed by atoms with Crippen molar-refractivity contribution in [3.8, 4) is 11.4 Å². The largest absolute Gasteiger partial charge is 0.381 e. The molecule has 1 aromatic heterocycles. The zero-order valence-electron chi connectivity index (χ0n) is 26.9. The number of carbonyl (C=O) groups excluding carboxylic acids is 1. The Morgan fingerprint density at radius 3 is 1.91 bits per heavy atom. The predicted octanol–water partition coefficient (Wildman–Crippen LogP) is 7.77. The fourth-order valence-corrected chi connectivity index (χ4v) is 7.30. The number of carbonyl (C=O) groups is 1. The average molecular weight is 627 g/mol. The number of nitrogens with one attached hydrogen (secondary N) is 2. The molecule has 0 spiro atoms. The van der Waals surface area contributed by atoms with Gasteiger partial charge in [0.05, 0.1) is 0 Å². The van der Waals surface area contributed by atoms with Gasteiger partial charge in [0.15, 0.2) is 5.54 Å². The quantitative estimate of drug-likeness (QED) is 0.172. The zero-order chi connectivity index (χ0) is 32.1. The van der Waals surface area contributed by atoms with Gasteiger partial charge in [-0.25, -0.2) is 4.79 Å². The number of urea groups is 1. The second kappa shape index (κ2) is 13.9. The molecule has 0 unspecified atom stereocenters. The van der Waals surface area contributed by atoms with E-state index in [0.29, 0.717) is 30.6 Å². The number of hydrogen-bond acceptors (Lipinski definition) is 5. The first-order chi connectivity index (χ1) is 23.1. The van der Waals surface area contributed by atoms with E-state index in [1.54, 1.807) is 4.80 Å². The molecule has 1 saturated heterocycles. The first-order valence-electron chi connectivity index (χ1n) is 16.9. The van der Waals surface area contributed by atoms with Crippen molar-refractivity contribution in [3.63, 3.8) is 0 Å². The smallest absolute Gasteiger partial charge is 0.319 e. The van der Waals surface area contributed by atoms with Gasteiger partial charge in [0, 0.05) is 30.5 Å². The summed E-state index contributed by atoms with van der Waals surface area (Å²) in [5, 5.41) is 21.0. The Labute approximate surface area is 276 Å². The van der Waals surface area contributed by atoms with Crippen LogP contribution >= 0.6 is 0 Å². The van der Waals surface area contributed by atoms with Gasteiger partial charge in [0.1, 0.15) is 0 Å². The molecule has 0 radical (unpaired) electrons. The predicted molar refractivity (Wildman–Crippen MR) is 184 cm³/mol. The van der Waals surface area contributed by atoms with Crippen LogP contribution < -0.4 is 10.6 Å². The molecule has 7 rings (SSSR count). The normalized spacial score (nSPS) is 18.8. The minimum Gasteiger partial charge on any atom is -0.381 e. The standard InChI is InChI=1S/C39H42N6O2/c1-28-17-19-33(20-18-28)40-38(46)41-34-21-22-35(29-23-25-47-26-24-29)36(27-34)37-42-44-45(43-37)39(30-11-5-2-6-12-30,31-13-7-3-8-14-31)32-15-9-4-10-16-32/h2-16,21-22,27-29,33H,17-20,23-26H2,1H3,(H2,40,41,46). The van der Waals surface area contributed by atoms with E-state index in [4.69, 9.17) is 20.1 Å². The highest BCUT2D eigenvalue weighted by molar-refractivity contribution is 5.90. The van der Waals surface area contributed by atoms with Crippen molar-refractivity contribution in [1.82, 2.24) is 25.5 Å². The van der Waals surface area contributed by atoms with Gasteiger partial charge in [-0.2, -0.15) is 0 Å². The molecule has 0 bridgehead atoms.